The van der Waals surface area contributed by atoms with Crippen molar-refractivity contribution >= 4 is 24.6 Å². The molecule has 2 unspecified atom stereocenters. The van der Waals surface area contributed by atoms with Crippen molar-refractivity contribution in [2.45, 2.75) is 38.8 Å². The minimum absolute atomic E-state index is 0.158. The van der Waals surface area contributed by atoms with Crippen molar-refractivity contribution in [3.8, 4) is 5.75 Å². The Kier molecular flexibility index (Phi) is 8.78. The van der Waals surface area contributed by atoms with Crippen molar-refractivity contribution in [3.05, 3.63) is 150 Å². The number of aliphatic imine (C=N–C) groups is 4. The van der Waals surface area contributed by atoms with E-state index in [4.69, 9.17) is 9.73 Å². The predicted octanol–water partition coefficient (Wildman–Crippen LogP) is 6.39. The zero-order valence-corrected chi connectivity index (χ0v) is 27.4. The number of quaternary nitrogens is 2. The molecule has 10 nitrogen and oxygen atoms in total. The third-order valence-electron chi connectivity index (χ3n) is 9.84. The fraction of sp³-hybridized carbons (Fsp3) is 0.231. The summed E-state index contributed by atoms with van der Waals surface area (Å²) in [4.78, 5) is 18.9. The molecule has 2 atom stereocenters. The molecule has 3 N–H and O–H groups in total. The maximum atomic E-state index is 6.27. The van der Waals surface area contributed by atoms with Crippen molar-refractivity contribution in [2.75, 3.05) is 6.54 Å². The Morgan fingerprint density at radius 1 is 0.755 bits per heavy atom. The van der Waals surface area contributed by atoms with Gasteiger partial charge in [-0.2, -0.15) is 4.99 Å². The molecule has 4 heterocycles. The van der Waals surface area contributed by atoms with Crippen LogP contribution < -0.4 is 21.1 Å². The van der Waals surface area contributed by atoms with E-state index < -0.39 is 0 Å². The van der Waals surface area contributed by atoms with Gasteiger partial charge in [-0.3, -0.25) is 9.98 Å². The number of hydrogen-bond donors (Lipinski definition) is 3. The highest BCUT2D eigenvalue weighted by Gasteiger charge is 2.51. The fourth-order valence-corrected chi connectivity index (χ4v) is 7.13. The lowest BCUT2D eigenvalue weighted by Gasteiger charge is -2.36. The first-order chi connectivity index (χ1) is 24.2. The molecule has 0 bridgehead atoms. The summed E-state index contributed by atoms with van der Waals surface area (Å²) in [6.07, 6.45) is 19.5. The van der Waals surface area contributed by atoms with Crippen LogP contribution in [0.3, 0.4) is 0 Å². The molecule has 0 saturated heterocycles. The molecule has 1 aliphatic carbocycles. The van der Waals surface area contributed by atoms with E-state index in [-0.39, 0.29) is 9.18 Å². The number of benzene rings is 3. The highest BCUT2D eigenvalue weighted by Crippen LogP contribution is 2.42. The number of hydrogen-bond acceptors (Lipinski definition) is 8. The molecule has 1 fully saturated rings. The van der Waals surface area contributed by atoms with Gasteiger partial charge in [-0.25, -0.2) is 4.99 Å². The van der Waals surface area contributed by atoms with Gasteiger partial charge in [0, 0.05) is 12.5 Å². The van der Waals surface area contributed by atoms with Crippen molar-refractivity contribution in [3.63, 3.8) is 0 Å². The van der Waals surface area contributed by atoms with Crippen LogP contribution in [0.25, 0.3) is 0 Å². The number of rotatable bonds is 12. The molecule has 3 aromatic rings. The van der Waals surface area contributed by atoms with Gasteiger partial charge in [0.05, 0.1) is 36.6 Å². The summed E-state index contributed by atoms with van der Waals surface area (Å²) in [7, 11) is 0. The Morgan fingerprint density at radius 3 is 2.37 bits per heavy atom. The highest BCUT2D eigenvalue weighted by molar-refractivity contribution is 6.00. The van der Waals surface area contributed by atoms with Crippen LogP contribution in [-0.2, 0) is 13.2 Å². The van der Waals surface area contributed by atoms with Gasteiger partial charge in [-0.15, -0.1) is 9.18 Å². The first kappa shape index (κ1) is 31.2. The van der Waals surface area contributed by atoms with Crippen LogP contribution in [0.15, 0.2) is 153 Å². The van der Waals surface area contributed by atoms with Gasteiger partial charge < -0.3 is 10.1 Å². The maximum absolute atomic E-state index is 6.27. The Bertz CT molecular complexity index is 1920. The third-order valence-corrected chi connectivity index (χ3v) is 9.84. The first-order valence-electron chi connectivity index (χ1n) is 17.1. The molecule has 1 saturated carbocycles. The van der Waals surface area contributed by atoms with Gasteiger partial charge >= 0.3 is 0 Å². The normalized spacial score (nSPS) is 26.4. The van der Waals surface area contributed by atoms with E-state index in [0.29, 0.717) is 18.4 Å². The second-order valence-corrected chi connectivity index (χ2v) is 13.0. The molecule has 0 aromatic heterocycles. The van der Waals surface area contributed by atoms with Crippen molar-refractivity contribution < 1.29 is 13.9 Å². The summed E-state index contributed by atoms with van der Waals surface area (Å²) in [5.41, 5.74) is 13.6. The van der Waals surface area contributed by atoms with Crippen LogP contribution in [-0.4, -0.2) is 40.3 Å². The quantitative estimate of drug-likeness (QED) is 0.156. The van der Waals surface area contributed by atoms with Gasteiger partial charge in [0.1, 0.15) is 30.5 Å². The standard InChI is InChI=1S/C39H41N9O/c1-3-8-30(9-4-1)23-42-24-31-14-16-33(17-15-31)38-37-27-41-19-21-48(37,46-45-47-20-18-40-25-35(47)26-43-29-47)39(44-38)34-12-7-13-36(22-34)49-28-32-10-5-2-6-11-32/h1-13,18-22,25-27,29,31,33,42,45-46H,14-17,23-24,28H2/q+2. The number of hydrazine groups is 1. The molecule has 0 spiro atoms. The van der Waals surface area contributed by atoms with Gasteiger partial charge in [0.15, 0.2) is 0 Å². The minimum atomic E-state index is 0.158. The average Bonchev–Trinajstić information content (AvgIpc) is 3.75. The van der Waals surface area contributed by atoms with Crippen LogP contribution in [0.5, 0.6) is 5.75 Å². The second kappa shape index (κ2) is 13.8. The first-order valence-corrected chi connectivity index (χ1v) is 17.1. The van der Waals surface area contributed by atoms with Gasteiger partial charge in [0.2, 0.25) is 17.7 Å². The van der Waals surface area contributed by atoms with Crippen LogP contribution in [0, 0.1) is 11.8 Å². The van der Waals surface area contributed by atoms with E-state index in [1.165, 1.54) is 5.56 Å². The maximum Gasteiger partial charge on any atom is 0.266 e. The Balaban J connectivity index is 1.06. The van der Waals surface area contributed by atoms with Crippen molar-refractivity contribution in [2.24, 2.45) is 31.8 Å². The van der Waals surface area contributed by atoms with Crippen LogP contribution in [0.1, 0.15) is 42.4 Å². The third kappa shape index (κ3) is 6.40. The number of ether oxygens (including phenoxy) is 1. The molecular weight excluding hydrogens is 610 g/mol. The van der Waals surface area contributed by atoms with E-state index >= 15 is 0 Å². The Morgan fingerprint density at radius 2 is 1.53 bits per heavy atom. The Labute approximate surface area is 287 Å². The second-order valence-electron chi connectivity index (χ2n) is 13.0. The van der Waals surface area contributed by atoms with Crippen molar-refractivity contribution in [1.82, 2.24) is 16.4 Å². The highest BCUT2D eigenvalue weighted by atomic mass is 16.5. The summed E-state index contributed by atoms with van der Waals surface area (Å²) in [6.45, 7) is 2.42. The smallest absolute Gasteiger partial charge is 0.266 e. The minimum Gasteiger partial charge on any atom is -0.489 e. The molecular formula is C39H41N9O+2. The topological polar surface area (TPSA) is 94.8 Å². The number of fused-ring (bicyclic) bond motifs is 2. The van der Waals surface area contributed by atoms with E-state index in [2.05, 4.69) is 92.2 Å². The van der Waals surface area contributed by atoms with E-state index in [9.17, 15) is 0 Å². The van der Waals surface area contributed by atoms with Gasteiger partial charge in [-0.05, 0) is 78.5 Å². The molecule has 10 heteroatoms. The van der Waals surface area contributed by atoms with E-state index in [1.807, 2.05) is 67.7 Å². The molecule has 246 valence electrons. The summed E-state index contributed by atoms with van der Waals surface area (Å²) in [5, 5.41) is 3.69. The lowest BCUT2D eigenvalue weighted by Crippen LogP contribution is -2.69. The predicted molar refractivity (Wildman–Crippen MR) is 193 cm³/mol. The van der Waals surface area contributed by atoms with Gasteiger partial charge in [-0.1, -0.05) is 66.7 Å². The molecule has 49 heavy (non-hydrogen) atoms. The SMILES string of the molecule is C1=C[N+]2(NN[N+]34C=CN=CC3=C(C3CCC(CNCc5ccccc5)CC3)N=C4c3cccc(OCc4ccccc4)c3)C=NC=C2C=N1. The lowest BCUT2D eigenvalue weighted by molar-refractivity contribution is -0.880. The number of nitrogens with zero attached hydrogens (tertiary/aromatic N) is 6. The average molecular weight is 652 g/mol. The van der Waals surface area contributed by atoms with Crippen LogP contribution in [0.4, 0.5) is 0 Å². The van der Waals surface area contributed by atoms with Crippen molar-refractivity contribution in [1.29, 1.82) is 0 Å². The fourth-order valence-electron chi connectivity index (χ4n) is 7.13. The number of amidine groups is 1. The molecule has 0 amide bonds. The van der Waals surface area contributed by atoms with Gasteiger partial charge in [0.25, 0.3) is 5.84 Å². The van der Waals surface area contributed by atoms with E-state index in [0.717, 1.165) is 78.6 Å². The number of nitrogens with one attached hydrogen (secondary N) is 3. The zero-order valence-electron chi connectivity index (χ0n) is 27.4. The monoisotopic (exact) mass is 651 g/mol. The summed E-state index contributed by atoms with van der Waals surface area (Å²) in [5.74, 6) is 2.62. The van der Waals surface area contributed by atoms with E-state index in [1.54, 1.807) is 6.20 Å². The van der Waals surface area contributed by atoms with Crippen LogP contribution in [0.2, 0.25) is 0 Å². The summed E-state index contributed by atoms with van der Waals surface area (Å²) >= 11 is 0. The molecule has 4 aliphatic heterocycles. The molecule has 5 aliphatic rings. The lowest BCUT2D eigenvalue weighted by atomic mass is 9.80. The molecule has 8 rings (SSSR count). The summed E-state index contributed by atoms with van der Waals surface area (Å²) < 4.78 is 6.62. The molecule has 0 radical (unpaired) electrons. The zero-order chi connectivity index (χ0) is 32.9. The largest absolute Gasteiger partial charge is 0.489 e. The number of allylic oxidation sites excluding steroid dienone is 3. The summed E-state index contributed by atoms with van der Waals surface area (Å²) in [6, 6.07) is 29.1. The Hall–Kier alpha value is -5.10. The van der Waals surface area contributed by atoms with Crippen LogP contribution >= 0.6 is 0 Å². The molecule has 3 aromatic carbocycles.